The van der Waals surface area contributed by atoms with Gasteiger partial charge in [-0.25, -0.2) is 0 Å². The van der Waals surface area contributed by atoms with Crippen LogP contribution in [0.4, 0.5) is 13.2 Å². The molecule has 1 saturated carbocycles. The Labute approximate surface area is 124 Å². The molecule has 0 radical (unpaired) electrons. The van der Waals surface area contributed by atoms with Gasteiger partial charge in [0, 0.05) is 16.5 Å². The molecule has 1 aliphatic carbocycles. The van der Waals surface area contributed by atoms with Crippen molar-refractivity contribution in [1.29, 1.82) is 0 Å². The summed E-state index contributed by atoms with van der Waals surface area (Å²) in [6.45, 7) is 0. The molecule has 0 heterocycles. The van der Waals surface area contributed by atoms with Crippen LogP contribution < -0.4 is 0 Å². The summed E-state index contributed by atoms with van der Waals surface area (Å²) in [5, 5.41) is 0. The van der Waals surface area contributed by atoms with Crippen LogP contribution in [-0.4, -0.2) is 5.78 Å². The number of hydrogen-bond acceptors (Lipinski definition) is 1. The first-order chi connectivity index (χ1) is 9.38. The molecule has 0 N–H and O–H groups in total. The van der Waals surface area contributed by atoms with E-state index in [1.807, 2.05) is 0 Å². The number of alkyl halides is 3. The largest absolute Gasteiger partial charge is 0.417 e. The first-order valence-electron chi connectivity index (χ1n) is 6.78. The monoisotopic (exact) mass is 348 g/mol. The van der Waals surface area contributed by atoms with E-state index in [-0.39, 0.29) is 15.8 Å². The maximum absolute atomic E-state index is 12.8. The van der Waals surface area contributed by atoms with Crippen molar-refractivity contribution in [3.63, 3.8) is 0 Å². The van der Waals surface area contributed by atoms with E-state index in [0.29, 0.717) is 12.3 Å². The minimum absolute atomic E-state index is 0.0302. The molecule has 1 aliphatic rings. The van der Waals surface area contributed by atoms with Crippen LogP contribution in [0.2, 0.25) is 0 Å². The predicted octanol–water partition coefficient (Wildman–Crippen LogP) is 5.62. The van der Waals surface area contributed by atoms with Crippen LogP contribution >= 0.6 is 15.9 Å². The summed E-state index contributed by atoms with van der Waals surface area (Å²) >= 11 is 2.88. The van der Waals surface area contributed by atoms with E-state index < -0.39 is 11.7 Å². The average molecular weight is 349 g/mol. The Morgan fingerprint density at radius 2 is 1.90 bits per heavy atom. The molecule has 0 aliphatic heterocycles. The Morgan fingerprint density at radius 3 is 2.50 bits per heavy atom. The molecule has 1 aromatic rings. The number of hydrogen-bond donors (Lipinski definition) is 0. The number of ketones is 1. The Balaban J connectivity index is 2.06. The Kier molecular flexibility index (Phi) is 4.89. The summed E-state index contributed by atoms with van der Waals surface area (Å²) in [5.74, 6) is 0.367. The molecule has 0 saturated heterocycles. The van der Waals surface area contributed by atoms with Gasteiger partial charge < -0.3 is 0 Å². The molecule has 0 amide bonds. The van der Waals surface area contributed by atoms with Gasteiger partial charge in [-0.3, -0.25) is 4.79 Å². The summed E-state index contributed by atoms with van der Waals surface area (Å²) < 4.78 is 38.3. The maximum Gasteiger partial charge on any atom is 0.417 e. The van der Waals surface area contributed by atoms with E-state index in [9.17, 15) is 18.0 Å². The fourth-order valence-corrected chi connectivity index (χ4v) is 3.17. The quantitative estimate of drug-likeness (QED) is 0.645. The van der Waals surface area contributed by atoms with Gasteiger partial charge >= 0.3 is 6.18 Å². The Bertz CT molecular complexity index is 490. The summed E-state index contributed by atoms with van der Waals surface area (Å²) in [4.78, 5) is 12.0. The predicted molar refractivity (Wildman–Crippen MR) is 74.7 cm³/mol. The van der Waals surface area contributed by atoms with Gasteiger partial charge in [0.15, 0.2) is 5.78 Å². The van der Waals surface area contributed by atoms with E-state index in [1.54, 1.807) is 0 Å². The van der Waals surface area contributed by atoms with E-state index in [0.717, 1.165) is 25.3 Å². The summed E-state index contributed by atoms with van der Waals surface area (Å²) in [5.41, 5.74) is -0.636. The van der Waals surface area contributed by atoms with E-state index in [2.05, 4.69) is 15.9 Å². The van der Waals surface area contributed by atoms with Gasteiger partial charge in [0.1, 0.15) is 0 Å². The van der Waals surface area contributed by atoms with Gasteiger partial charge in [-0.15, -0.1) is 0 Å². The Morgan fingerprint density at radius 1 is 1.25 bits per heavy atom. The molecule has 0 atom stereocenters. The highest BCUT2D eigenvalue weighted by Gasteiger charge is 2.33. The summed E-state index contributed by atoms with van der Waals surface area (Å²) in [6.07, 6.45) is 1.37. The third kappa shape index (κ3) is 3.84. The van der Waals surface area contributed by atoms with Crippen molar-refractivity contribution < 1.29 is 18.0 Å². The van der Waals surface area contributed by atoms with Crippen molar-refractivity contribution in [1.82, 2.24) is 0 Å². The van der Waals surface area contributed by atoms with Crippen molar-refractivity contribution in [3.8, 4) is 0 Å². The molecule has 0 spiro atoms. The normalized spacial score (nSPS) is 16.6. The highest BCUT2D eigenvalue weighted by atomic mass is 79.9. The van der Waals surface area contributed by atoms with Crippen LogP contribution in [0.25, 0.3) is 0 Å². The third-order valence-electron chi connectivity index (χ3n) is 3.85. The number of carbonyl (C=O) groups is 1. The zero-order chi connectivity index (χ0) is 14.8. The van der Waals surface area contributed by atoms with Crippen LogP contribution in [0.3, 0.4) is 0 Å². The molecule has 2 rings (SSSR count). The van der Waals surface area contributed by atoms with Crippen molar-refractivity contribution in [2.75, 3.05) is 0 Å². The van der Waals surface area contributed by atoms with Gasteiger partial charge in [-0.1, -0.05) is 47.7 Å². The molecule has 5 heteroatoms. The average Bonchev–Trinajstić information content (AvgIpc) is 2.88. The highest BCUT2D eigenvalue weighted by molar-refractivity contribution is 9.10. The maximum atomic E-state index is 12.8. The number of benzene rings is 1. The highest BCUT2D eigenvalue weighted by Crippen LogP contribution is 2.36. The second-order valence-electron chi connectivity index (χ2n) is 5.30. The van der Waals surface area contributed by atoms with Crippen molar-refractivity contribution in [2.24, 2.45) is 5.92 Å². The second-order valence-corrected chi connectivity index (χ2v) is 6.16. The van der Waals surface area contributed by atoms with Crippen molar-refractivity contribution >= 4 is 21.7 Å². The molecule has 1 fully saturated rings. The van der Waals surface area contributed by atoms with Crippen LogP contribution in [0, 0.1) is 5.92 Å². The van der Waals surface area contributed by atoms with Crippen LogP contribution in [0.1, 0.15) is 54.4 Å². The standard InChI is InChI=1S/C15H16BrF3O/c16-13-7-6-11(9-12(13)15(17,18)19)14(20)8-5-10-3-1-2-4-10/h6-7,9-10H,1-5,8H2. The van der Waals surface area contributed by atoms with Gasteiger partial charge in [0.2, 0.25) is 0 Å². The van der Waals surface area contributed by atoms with Crippen molar-refractivity contribution in [2.45, 2.75) is 44.7 Å². The minimum Gasteiger partial charge on any atom is -0.294 e. The number of Topliss-reactive ketones (excluding diaryl/α,β-unsaturated/α-hetero) is 1. The summed E-state index contributed by atoms with van der Waals surface area (Å²) in [6, 6.07) is 3.70. The first kappa shape index (κ1) is 15.5. The molecule has 20 heavy (non-hydrogen) atoms. The number of halogens is 4. The molecule has 110 valence electrons. The second kappa shape index (κ2) is 6.29. The van der Waals surface area contributed by atoms with Crippen LogP contribution in [0.15, 0.2) is 22.7 Å². The molecule has 0 aromatic heterocycles. The lowest BCUT2D eigenvalue weighted by atomic mass is 9.97. The molecule has 1 nitrogen and oxygen atoms in total. The van der Waals surface area contributed by atoms with Gasteiger partial charge in [0.25, 0.3) is 0 Å². The minimum atomic E-state index is -4.44. The number of rotatable bonds is 4. The first-order valence-corrected chi connectivity index (χ1v) is 7.57. The zero-order valence-electron chi connectivity index (χ0n) is 11.0. The summed E-state index contributed by atoms with van der Waals surface area (Å²) in [7, 11) is 0. The molecule has 1 aromatic carbocycles. The van der Waals surface area contributed by atoms with E-state index in [1.165, 1.54) is 25.0 Å². The smallest absolute Gasteiger partial charge is 0.294 e. The Hall–Kier alpha value is -0.840. The van der Waals surface area contributed by atoms with Gasteiger partial charge in [0.05, 0.1) is 5.56 Å². The van der Waals surface area contributed by atoms with Crippen molar-refractivity contribution in [3.05, 3.63) is 33.8 Å². The SMILES string of the molecule is O=C(CCC1CCCC1)c1ccc(Br)c(C(F)(F)F)c1. The lowest BCUT2D eigenvalue weighted by molar-refractivity contribution is -0.138. The molecular formula is C15H16BrF3O. The molecule has 0 unspecified atom stereocenters. The van der Waals surface area contributed by atoms with Gasteiger partial charge in [-0.05, 0) is 24.5 Å². The lowest BCUT2D eigenvalue weighted by Gasteiger charge is -2.11. The fraction of sp³-hybridized carbons (Fsp3) is 0.533. The van der Waals surface area contributed by atoms with Gasteiger partial charge in [-0.2, -0.15) is 13.2 Å². The lowest BCUT2D eigenvalue weighted by Crippen LogP contribution is -2.09. The van der Waals surface area contributed by atoms with E-state index >= 15 is 0 Å². The van der Waals surface area contributed by atoms with Crippen LogP contribution in [0.5, 0.6) is 0 Å². The third-order valence-corrected chi connectivity index (χ3v) is 4.54. The van der Waals surface area contributed by atoms with E-state index in [4.69, 9.17) is 0 Å². The fourth-order valence-electron chi connectivity index (χ4n) is 2.69. The zero-order valence-corrected chi connectivity index (χ0v) is 12.6. The van der Waals surface area contributed by atoms with Crippen LogP contribution in [-0.2, 0) is 6.18 Å². The molecular weight excluding hydrogens is 333 g/mol. The molecule has 0 bridgehead atoms. The topological polar surface area (TPSA) is 17.1 Å². The number of carbonyl (C=O) groups excluding carboxylic acids is 1.